The molecular formula is C9H9ClFN3O2. The van der Waals surface area contributed by atoms with E-state index in [0.29, 0.717) is 5.56 Å². The molecule has 2 amide bonds. The zero-order valence-corrected chi connectivity index (χ0v) is 8.84. The number of amides is 2. The number of rotatable bonds is 2. The second kappa shape index (κ2) is 5.43. The lowest BCUT2D eigenvalue weighted by Gasteiger charge is -2.05. The Morgan fingerprint density at radius 1 is 1.38 bits per heavy atom. The Balaban J connectivity index is 2.61. The van der Waals surface area contributed by atoms with Crippen LogP contribution in [0, 0.1) is 5.82 Å². The van der Waals surface area contributed by atoms with Crippen molar-refractivity contribution in [1.82, 2.24) is 10.7 Å². The monoisotopic (exact) mass is 245 g/mol. The summed E-state index contributed by atoms with van der Waals surface area (Å²) in [4.78, 5) is 21.7. The summed E-state index contributed by atoms with van der Waals surface area (Å²) < 4.78 is 12.7. The lowest BCUT2D eigenvalue weighted by molar-refractivity contribution is -0.139. The quantitative estimate of drug-likeness (QED) is 0.299. The molecular weight excluding hydrogens is 237 g/mol. The predicted octanol–water partition coefficient (Wildman–Crippen LogP) is 0.0852. The van der Waals surface area contributed by atoms with E-state index >= 15 is 0 Å². The minimum Gasteiger partial charge on any atom is -0.344 e. The fourth-order valence-corrected chi connectivity index (χ4v) is 1.22. The second-order valence-electron chi connectivity index (χ2n) is 2.89. The highest BCUT2D eigenvalue weighted by Gasteiger charge is 2.11. The van der Waals surface area contributed by atoms with Crippen LogP contribution in [0.25, 0.3) is 0 Å². The molecule has 0 atom stereocenters. The normalized spacial score (nSPS) is 9.69. The number of halogens is 2. The molecule has 7 heteroatoms. The first-order valence-electron chi connectivity index (χ1n) is 4.27. The number of carbonyl (C=O) groups is 2. The molecule has 0 unspecified atom stereocenters. The van der Waals surface area contributed by atoms with Crippen LogP contribution in [0.15, 0.2) is 18.2 Å². The Morgan fingerprint density at radius 3 is 2.62 bits per heavy atom. The molecule has 1 rings (SSSR count). The van der Waals surface area contributed by atoms with Gasteiger partial charge in [0.15, 0.2) is 0 Å². The van der Waals surface area contributed by atoms with Gasteiger partial charge in [0.25, 0.3) is 0 Å². The van der Waals surface area contributed by atoms with E-state index < -0.39 is 17.6 Å². The number of hydrazine groups is 1. The molecule has 0 saturated carbocycles. The van der Waals surface area contributed by atoms with Gasteiger partial charge in [-0.3, -0.25) is 15.0 Å². The Bertz CT molecular complexity index is 425. The van der Waals surface area contributed by atoms with Crippen LogP contribution >= 0.6 is 11.6 Å². The highest BCUT2D eigenvalue weighted by Crippen LogP contribution is 2.16. The van der Waals surface area contributed by atoms with Gasteiger partial charge < -0.3 is 5.32 Å². The fourth-order valence-electron chi connectivity index (χ4n) is 0.986. The van der Waals surface area contributed by atoms with Gasteiger partial charge in [0, 0.05) is 11.6 Å². The maximum absolute atomic E-state index is 12.7. The molecule has 0 heterocycles. The summed E-state index contributed by atoms with van der Waals surface area (Å²) in [6.07, 6.45) is 0. The molecule has 1 aromatic rings. The van der Waals surface area contributed by atoms with Gasteiger partial charge in [-0.05, 0) is 17.7 Å². The number of hydrogen-bond donors (Lipinski definition) is 3. The van der Waals surface area contributed by atoms with Crippen LogP contribution in [0.2, 0.25) is 5.02 Å². The van der Waals surface area contributed by atoms with Crippen molar-refractivity contribution in [1.29, 1.82) is 0 Å². The van der Waals surface area contributed by atoms with Crippen molar-refractivity contribution >= 4 is 23.4 Å². The average molecular weight is 246 g/mol. The van der Waals surface area contributed by atoms with Crippen molar-refractivity contribution in [2.45, 2.75) is 6.54 Å². The zero-order chi connectivity index (χ0) is 12.1. The molecule has 5 nitrogen and oxygen atoms in total. The molecule has 0 aromatic heterocycles. The van der Waals surface area contributed by atoms with E-state index in [4.69, 9.17) is 17.4 Å². The first-order chi connectivity index (χ1) is 7.54. The second-order valence-corrected chi connectivity index (χ2v) is 3.30. The van der Waals surface area contributed by atoms with Gasteiger partial charge in [-0.2, -0.15) is 0 Å². The lowest BCUT2D eigenvalue weighted by atomic mass is 10.2. The summed E-state index contributed by atoms with van der Waals surface area (Å²) in [5.41, 5.74) is 2.18. The Hall–Kier alpha value is -1.66. The molecule has 0 spiro atoms. The molecule has 0 saturated heterocycles. The van der Waals surface area contributed by atoms with E-state index in [1.54, 1.807) is 5.43 Å². The third kappa shape index (κ3) is 3.18. The van der Waals surface area contributed by atoms with E-state index in [2.05, 4.69) is 5.32 Å². The molecule has 1 aromatic carbocycles. The van der Waals surface area contributed by atoms with Crippen molar-refractivity contribution in [2.75, 3.05) is 0 Å². The zero-order valence-electron chi connectivity index (χ0n) is 8.09. The van der Waals surface area contributed by atoms with Crippen LogP contribution < -0.4 is 16.6 Å². The van der Waals surface area contributed by atoms with Crippen LogP contribution in [-0.4, -0.2) is 11.8 Å². The molecule has 0 aliphatic heterocycles. The topological polar surface area (TPSA) is 84.2 Å². The molecule has 86 valence electrons. The van der Waals surface area contributed by atoms with Crippen molar-refractivity contribution < 1.29 is 14.0 Å². The van der Waals surface area contributed by atoms with Gasteiger partial charge in [-0.1, -0.05) is 17.7 Å². The first kappa shape index (κ1) is 12.4. The van der Waals surface area contributed by atoms with Crippen molar-refractivity contribution in [3.8, 4) is 0 Å². The molecule has 0 aliphatic carbocycles. The van der Waals surface area contributed by atoms with E-state index in [0.717, 1.165) is 6.07 Å². The third-order valence-electron chi connectivity index (χ3n) is 1.79. The molecule has 0 fully saturated rings. The summed E-state index contributed by atoms with van der Waals surface area (Å²) in [6, 6.07) is 3.74. The van der Waals surface area contributed by atoms with Crippen LogP contribution in [0.5, 0.6) is 0 Å². The molecule has 4 N–H and O–H groups in total. The van der Waals surface area contributed by atoms with Crippen LogP contribution in [0.3, 0.4) is 0 Å². The van der Waals surface area contributed by atoms with E-state index in [1.807, 2.05) is 0 Å². The summed E-state index contributed by atoms with van der Waals surface area (Å²) in [6.45, 7) is 0.0192. The predicted molar refractivity (Wildman–Crippen MR) is 55.6 cm³/mol. The maximum atomic E-state index is 12.7. The number of nitrogens with two attached hydrogens (primary N) is 1. The standard InChI is InChI=1S/C9H9ClFN3O2/c10-7-3-6(11)2-1-5(7)4-13-8(15)9(16)14-12/h1-3H,4,12H2,(H,13,15)(H,14,16). The van der Waals surface area contributed by atoms with Gasteiger partial charge in [0.05, 0.1) is 0 Å². The van der Waals surface area contributed by atoms with Gasteiger partial charge in [0.1, 0.15) is 5.82 Å². The Morgan fingerprint density at radius 2 is 2.06 bits per heavy atom. The number of nitrogens with one attached hydrogen (secondary N) is 2. The van der Waals surface area contributed by atoms with Gasteiger partial charge in [-0.25, -0.2) is 10.2 Å². The van der Waals surface area contributed by atoms with Crippen molar-refractivity contribution in [2.24, 2.45) is 5.84 Å². The smallest absolute Gasteiger partial charge is 0.323 e. The number of benzene rings is 1. The van der Waals surface area contributed by atoms with E-state index in [9.17, 15) is 14.0 Å². The number of hydrogen-bond acceptors (Lipinski definition) is 3. The minimum atomic E-state index is -0.960. The van der Waals surface area contributed by atoms with Crippen molar-refractivity contribution in [3.63, 3.8) is 0 Å². The first-order valence-corrected chi connectivity index (χ1v) is 4.65. The molecule has 16 heavy (non-hydrogen) atoms. The number of carbonyl (C=O) groups excluding carboxylic acids is 2. The van der Waals surface area contributed by atoms with Crippen LogP contribution in [-0.2, 0) is 16.1 Å². The largest absolute Gasteiger partial charge is 0.344 e. The molecule has 0 bridgehead atoms. The summed E-state index contributed by atoms with van der Waals surface area (Å²) in [5.74, 6) is 2.44. The van der Waals surface area contributed by atoms with E-state index in [-0.39, 0.29) is 11.6 Å². The summed E-state index contributed by atoms with van der Waals surface area (Å²) in [5, 5.41) is 2.45. The maximum Gasteiger partial charge on any atom is 0.323 e. The van der Waals surface area contributed by atoms with Crippen LogP contribution in [0.1, 0.15) is 5.56 Å². The summed E-state index contributed by atoms with van der Waals surface area (Å²) in [7, 11) is 0. The SMILES string of the molecule is NNC(=O)C(=O)NCc1ccc(F)cc1Cl. The third-order valence-corrected chi connectivity index (χ3v) is 2.14. The fraction of sp³-hybridized carbons (Fsp3) is 0.111. The van der Waals surface area contributed by atoms with Gasteiger partial charge in [0.2, 0.25) is 0 Å². The van der Waals surface area contributed by atoms with Gasteiger partial charge >= 0.3 is 11.8 Å². The average Bonchev–Trinajstić information content (AvgIpc) is 2.26. The van der Waals surface area contributed by atoms with E-state index in [1.165, 1.54) is 12.1 Å². The molecule has 0 radical (unpaired) electrons. The molecule has 0 aliphatic rings. The Kier molecular flexibility index (Phi) is 4.21. The van der Waals surface area contributed by atoms with Crippen molar-refractivity contribution in [3.05, 3.63) is 34.6 Å². The lowest BCUT2D eigenvalue weighted by Crippen LogP contribution is -2.42. The summed E-state index contributed by atoms with van der Waals surface area (Å²) >= 11 is 5.71. The Labute approximate surface area is 95.7 Å². The highest BCUT2D eigenvalue weighted by molar-refractivity contribution is 6.35. The highest BCUT2D eigenvalue weighted by atomic mass is 35.5. The van der Waals surface area contributed by atoms with Crippen LogP contribution in [0.4, 0.5) is 4.39 Å². The van der Waals surface area contributed by atoms with Gasteiger partial charge in [-0.15, -0.1) is 0 Å². The minimum absolute atomic E-state index is 0.0192.